The summed E-state index contributed by atoms with van der Waals surface area (Å²) in [6, 6.07) is 7.27. The SMILES string of the molecule is CC(C)(CC(=O)O)c1cccc(N2OCCC2=O)c1. The van der Waals surface area contributed by atoms with Crippen LogP contribution in [-0.2, 0) is 19.8 Å². The topological polar surface area (TPSA) is 66.8 Å². The predicted molar refractivity (Wildman–Crippen MR) is 69.8 cm³/mol. The van der Waals surface area contributed by atoms with Gasteiger partial charge in [0.25, 0.3) is 5.91 Å². The van der Waals surface area contributed by atoms with E-state index in [4.69, 9.17) is 9.94 Å². The Labute approximate surface area is 111 Å². The van der Waals surface area contributed by atoms with Gasteiger partial charge in [-0.25, -0.2) is 0 Å². The van der Waals surface area contributed by atoms with Crippen LogP contribution in [0.25, 0.3) is 0 Å². The molecule has 1 saturated heterocycles. The molecule has 0 unspecified atom stereocenters. The summed E-state index contributed by atoms with van der Waals surface area (Å²) in [5.74, 6) is -0.919. The number of nitrogens with zero attached hydrogens (tertiary/aromatic N) is 1. The lowest BCUT2D eigenvalue weighted by molar-refractivity contribution is -0.138. The molecule has 1 fully saturated rings. The first-order chi connectivity index (χ1) is 8.90. The fourth-order valence-corrected chi connectivity index (χ4v) is 2.15. The Morgan fingerprint density at radius 1 is 1.47 bits per heavy atom. The lowest BCUT2D eigenvalue weighted by Crippen LogP contribution is -2.25. The van der Waals surface area contributed by atoms with E-state index in [0.29, 0.717) is 18.7 Å². The summed E-state index contributed by atoms with van der Waals surface area (Å²) in [5.41, 5.74) is 1.03. The molecule has 1 aliphatic rings. The van der Waals surface area contributed by atoms with Gasteiger partial charge in [-0.1, -0.05) is 26.0 Å². The zero-order valence-electron chi connectivity index (χ0n) is 11.0. The molecule has 0 bridgehead atoms. The first kappa shape index (κ1) is 13.5. The van der Waals surface area contributed by atoms with Gasteiger partial charge in [0.05, 0.1) is 25.1 Å². The molecular weight excluding hydrogens is 246 g/mol. The van der Waals surface area contributed by atoms with Crippen LogP contribution in [0.5, 0.6) is 0 Å². The maximum absolute atomic E-state index is 11.6. The van der Waals surface area contributed by atoms with Crippen molar-refractivity contribution in [3.8, 4) is 0 Å². The highest BCUT2D eigenvalue weighted by Crippen LogP contribution is 2.31. The van der Waals surface area contributed by atoms with Crippen molar-refractivity contribution in [3.63, 3.8) is 0 Å². The number of benzene rings is 1. The maximum atomic E-state index is 11.6. The standard InChI is InChI=1S/C14H17NO4/c1-14(2,9-13(17)18)10-4-3-5-11(8-10)15-12(16)6-7-19-15/h3-5,8H,6-7,9H2,1-2H3,(H,17,18). The van der Waals surface area contributed by atoms with Gasteiger partial charge in [-0.05, 0) is 17.7 Å². The summed E-state index contributed by atoms with van der Waals surface area (Å²) in [6.45, 7) is 4.13. The van der Waals surface area contributed by atoms with Gasteiger partial charge in [0, 0.05) is 5.41 Å². The molecule has 5 heteroatoms. The Hall–Kier alpha value is -1.88. The van der Waals surface area contributed by atoms with E-state index in [9.17, 15) is 9.59 Å². The third-order valence-corrected chi connectivity index (χ3v) is 3.22. The zero-order chi connectivity index (χ0) is 14.0. The third-order valence-electron chi connectivity index (χ3n) is 3.22. The highest BCUT2D eigenvalue weighted by atomic mass is 16.7. The van der Waals surface area contributed by atoms with Crippen molar-refractivity contribution in [3.05, 3.63) is 29.8 Å². The van der Waals surface area contributed by atoms with E-state index in [2.05, 4.69) is 0 Å². The van der Waals surface area contributed by atoms with Crippen molar-refractivity contribution in [2.75, 3.05) is 11.7 Å². The number of hydrogen-bond donors (Lipinski definition) is 1. The van der Waals surface area contributed by atoms with Gasteiger partial charge in [-0.2, -0.15) is 5.06 Å². The third kappa shape index (κ3) is 2.93. The summed E-state index contributed by atoms with van der Waals surface area (Å²) in [6.07, 6.45) is 0.411. The van der Waals surface area contributed by atoms with Crippen molar-refractivity contribution >= 4 is 17.6 Å². The van der Waals surface area contributed by atoms with E-state index in [-0.39, 0.29) is 12.3 Å². The number of hydroxylamine groups is 1. The molecule has 1 aliphatic heterocycles. The molecule has 1 aromatic carbocycles. The summed E-state index contributed by atoms with van der Waals surface area (Å²) in [7, 11) is 0. The molecule has 1 N–H and O–H groups in total. The van der Waals surface area contributed by atoms with Crippen LogP contribution in [0.15, 0.2) is 24.3 Å². The monoisotopic (exact) mass is 263 g/mol. The Morgan fingerprint density at radius 3 is 2.79 bits per heavy atom. The summed E-state index contributed by atoms with van der Waals surface area (Å²) >= 11 is 0. The molecule has 0 radical (unpaired) electrons. The second-order valence-electron chi connectivity index (χ2n) is 5.28. The summed E-state index contributed by atoms with van der Waals surface area (Å²) < 4.78 is 0. The zero-order valence-corrected chi connectivity index (χ0v) is 11.0. The largest absolute Gasteiger partial charge is 0.481 e. The Balaban J connectivity index is 2.28. The van der Waals surface area contributed by atoms with E-state index in [1.807, 2.05) is 32.0 Å². The molecule has 1 aromatic rings. The molecule has 0 atom stereocenters. The number of carbonyl (C=O) groups is 2. The highest BCUT2D eigenvalue weighted by Gasteiger charge is 2.27. The molecule has 0 saturated carbocycles. The lowest BCUT2D eigenvalue weighted by Gasteiger charge is -2.24. The van der Waals surface area contributed by atoms with Gasteiger partial charge in [0.1, 0.15) is 0 Å². The van der Waals surface area contributed by atoms with Gasteiger partial charge in [-0.15, -0.1) is 0 Å². The molecule has 19 heavy (non-hydrogen) atoms. The minimum absolute atomic E-state index is 0.0330. The van der Waals surface area contributed by atoms with Crippen molar-refractivity contribution in [1.29, 1.82) is 0 Å². The van der Waals surface area contributed by atoms with E-state index >= 15 is 0 Å². The molecule has 102 valence electrons. The maximum Gasteiger partial charge on any atom is 0.304 e. The molecule has 0 aromatic heterocycles. The first-order valence-electron chi connectivity index (χ1n) is 6.18. The van der Waals surface area contributed by atoms with Crippen LogP contribution < -0.4 is 5.06 Å². The first-order valence-corrected chi connectivity index (χ1v) is 6.18. The Bertz CT molecular complexity index is 510. The van der Waals surface area contributed by atoms with Gasteiger partial charge in [-0.3, -0.25) is 14.4 Å². The van der Waals surface area contributed by atoms with Gasteiger partial charge in [0.15, 0.2) is 0 Å². The van der Waals surface area contributed by atoms with Crippen LogP contribution in [0.3, 0.4) is 0 Å². The van der Waals surface area contributed by atoms with Crippen LogP contribution in [0.4, 0.5) is 5.69 Å². The van der Waals surface area contributed by atoms with Crippen LogP contribution in [-0.4, -0.2) is 23.6 Å². The number of rotatable bonds is 4. The van der Waals surface area contributed by atoms with Gasteiger partial charge in [0.2, 0.25) is 0 Å². The van der Waals surface area contributed by atoms with Crippen molar-refractivity contribution < 1.29 is 19.5 Å². The quantitative estimate of drug-likeness (QED) is 0.903. The number of anilines is 1. The Morgan fingerprint density at radius 2 is 2.21 bits per heavy atom. The highest BCUT2D eigenvalue weighted by molar-refractivity contribution is 5.92. The van der Waals surface area contributed by atoms with Crippen LogP contribution >= 0.6 is 0 Å². The van der Waals surface area contributed by atoms with E-state index in [0.717, 1.165) is 5.56 Å². The molecular formula is C14H17NO4. The second kappa shape index (κ2) is 5.01. The second-order valence-corrected chi connectivity index (χ2v) is 5.28. The summed E-state index contributed by atoms with van der Waals surface area (Å²) in [5, 5.41) is 10.2. The Kier molecular flexibility index (Phi) is 3.57. The molecule has 0 spiro atoms. The average Bonchev–Trinajstić information content (AvgIpc) is 2.74. The molecule has 2 rings (SSSR count). The minimum atomic E-state index is -0.844. The van der Waals surface area contributed by atoms with Crippen LogP contribution in [0, 0.1) is 0 Å². The number of hydrogen-bond acceptors (Lipinski definition) is 3. The van der Waals surface area contributed by atoms with Crippen LogP contribution in [0.1, 0.15) is 32.3 Å². The van der Waals surface area contributed by atoms with E-state index in [1.54, 1.807) is 6.07 Å². The van der Waals surface area contributed by atoms with Crippen molar-refractivity contribution in [2.24, 2.45) is 0 Å². The summed E-state index contributed by atoms with van der Waals surface area (Å²) in [4.78, 5) is 27.8. The van der Waals surface area contributed by atoms with Crippen molar-refractivity contribution in [1.82, 2.24) is 0 Å². The minimum Gasteiger partial charge on any atom is -0.481 e. The van der Waals surface area contributed by atoms with E-state index in [1.165, 1.54) is 5.06 Å². The molecule has 0 aliphatic carbocycles. The molecule has 5 nitrogen and oxygen atoms in total. The fraction of sp³-hybridized carbons (Fsp3) is 0.429. The smallest absolute Gasteiger partial charge is 0.304 e. The number of amides is 1. The number of carbonyl (C=O) groups excluding carboxylic acids is 1. The number of aliphatic carboxylic acids is 1. The van der Waals surface area contributed by atoms with Crippen molar-refractivity contribution in [2.45, 2.75) is 32.1 Å². The van der Waals surface area contributed by atoms with E-state index < -0.39 is 11.4 Å². The fourth-order valence-electron chi connectivity index (χ4n) is 2.15. The predicted octanol–water partition coefficient (Wildman–Crippen LogP) is 2.11. The molecule has 1 amide bonds. The average molecular weight is 263 g/mol. The normalized spacial score (nSPS) is 15.9. The lowest BCUT2D eigenvalue weighted by atomic mass is 9.81. The number of carboxylic acids is 1. The van der Waals surface area contributed by atoms with Gasteiger partial charge < -0.3 is 5.11 Å². The van der Waals surface area contributed by atoms with Gasteiger partial charge >= 0.3 is 5.97 Å². The van der Waals surface area contributed by atoms with Crippen LogP contribution in [0.2, 0.25) is 0 Å². The molecule has 1 heterocycles. The number of carboxylic acid groups (broad SMARTS) is 1.